The van der Waals surface area contributed by atoms with Crippen molar-refractivity contribution in [2.45, 2.75) is 0 Å². The summed E-state index contributed by atoms with van der Waals surface area (Å²) in [5, 5.41) is 24.8. The molecule has 2 aromatic rings. The summed E-state index contributed by atoms with van der Waals surface area (Å²) in [6.07, 6.45) is 0. The van der Waals surface area contributed by atoms with E-state index in [1.807, 2.05) is 0 Å². The topological polar surface area (TPSA) is 95.4 Å². The van der Waals surface area contributed by atoms with Crippen LogP contribution in [0.4, 0.5) is 4.39 Å². The molecule has 0 radical (unpaired) electrons. The average molecular weight is 331 g/mol. The van der Waals surface area contributed by atoms with E-state index in [1.54, 1.807) is 0 Å². The Kier molecular flexibility index (Phi) is 3.43. The average Bonchev–Trinajstić information content (AvgIpc) is 2.83. The molecule has 0 aliphatic rings. The molecule has 0 saturated heterocycles. The number of benzene rings is 1. The van der Waals surface area contributed by atoms with E-state index in [0.717, 1.165) is 6.07 Å². The number of nitrogens with one attached hydrogen (secondary N) is 1. The zero-order valence-corrected chi connectivity index (χ0v) is 11.2. The summed E-state index contributed by atoms with van der Waals surface area (Å²) >= 11 is 2.99. The Morgan fingerprint density at radius 1 is 1.53 bits per heavy atom. The van der Waals surface area contributed by atoms with E-state index >= 15 is 0 Å². The van der Waals surface area contributed by atoms with Gasteiger partial charge in [0.2, 0.25) is 0 Å². The van der Waals surface area contributed by atoms with Gasteiger partial charge in [-0.2, -0.15) is 5.10 Å². The number of carbonyl (C=O) groups is 1. The van der Waals surface area contributed by atoms with Gasteiger partial charge in [0, 0.05) is 6.07 Å². The summed E-state index contributed by atoms with van der Waals surface area (Å²) in [6.45, 7) is 0. The van der Waals surface area contributed by atoms with Crippen LogP contribution in [-0.4, -0.2) is 33.5 Å². The number of phenols is 1. The van der Waals surface area contributed by atoms with Crippen LogP contribution < -0.4 is 4.74 Å². The number of methoxy groups -OCH3 is 1. The first-order chi connectivity index (χ1) is 8.95. The van der Waals surface area contributed by atoms with E-state index in [9.17, 15) is 14.3 Å². The number of halogens is 2. The SMILES string of the molecule is COc1cc(F)c(Br)c(-c2cc(C(=O)O)[nH]n2)c1O. The highest BCUT2D eigenvalue weighted by molar-refractivity contribution is 9.10. The van der Waals surface area contributed by atoms with E-state index in [1.165, 1.54) is 13.2 Å². The molecule has 3 N–H and O–H groups in total. The zero-order chi connectivity index (χ0) is 14.2. The van der Waals surface area contributed by atoms with E-state index in [-0.39, 0.29) is 32.9 Å². The Labute approximate surface area is 115 Å². The Hall–Kier alpha value is -2.09. The first kappa shape index (κ1) is 13.3. The van der Waals surface area contributed by atoms with Gasteiger partial charge in [0.25, 0.3) is 0 Å². The summed E-state index contributed by atoms with van der Waals surface area (Å²) in [5.74, 6) is -2.28. The molecule has 2 rings (SSSR count). The summed E-state index contributed by atoms with van der Waals surface area (Å²) in [5.41, 5.74) is -0.0790. The maximum atomic E-state index is 13.7. The van der Waals surface area contributed by atoms with Crippen LogP contribution in [-0.2, 0) is 0 Å². The molecule has 19 heavy (non-hydrogen) atoms. The molecular weight excluding hydrogens is 323 g/mol. The van der Waals surface area contributed by atoms with Crippen LogP contribution >= 0.6 is 15.9 Å². The molecular formula is C11H8BrFN2O4. The van der Waals surface area contributed by atoms with Crippen molar-refractivity contribution in [3.05, 3.63) is 28.1 Å². The Morgan fingerprint density at radius 3 is 2.74 bits per heavy atom. The van der Waals surface area contributed by atoms with Gasteiger partial charge < -0.3 is 14.9 Å². The molecule has 6 nitrogen and oxygen atoms in total. The second kappa shape index (κ2) is 4.88. The molecule has 0 aliphatic heterocycles. The Morgan fingerprint density at radius 2 is 2.21 bits per heavy atom. The van der Waals surface area contributed by atoms with Gasteiger partial charge in [0.05, 0.1) is 22.8 Å². The largest absolute Gasteiger partial charge is 0.504 e. The lowest BCUT2D eigenvalue weighted by molar-refractivity contribution is 0.0690. The minimum atomic E-state index is -1.21. The standard InChI is InChI=1S/C11H8BrFN2O4/c1-19-7-2-4(13)9(12)8(10(7)16)5-3-6(11(17)18)15-14-5/h2-3,16H,1H3,(H,14,15)(H,17,18). The van der Waals surface area contributed by atoms with Crippen molar-refractivity contribution < 1.29 is 24.1 Å². The highest BCUT2D eigenvalue weighted by Crippen LogP contribution is 2.43. The van der Waals surface area contributed by atoms with E-state index in [4.69, 9.17) is 9.84 Å². The fraction of sp³-hybridized carbons (Fsp3) is 0.0909. The number of aromatic hydroxyl groups is 1. The fourth-order valence-electron chi connectivity index (χ4n) is 1.54. The molecule has 0 spiro atoms. The van der Waals surface area contributed by atoms with Crippen molar-refractivity contribution in [3.8, 4) is 22.8 Å². The molecule has 100 valence electrons. The molecule has 8 heteroatoms. The number of rotatable bonds is 3. The number of carboxylic acid groups (broad SMARTS) is 1. The number of H-pyrrole nitrogens is 1. The second-order valence-corrected chi connectivity index (χ2v) is 4.36. The minimum Gasteiger partial charge on any atom is -0.504 e. The molecule has 0 atom stereocenters. The van der Waals surface area contributed by atoms with E-state index in [2.05, 4.69) is 26.1 Å². The molecule has 1 heterocycles. The number of hydrogen-bond donors (Lipinski definition) is 3. The van der Waals surface area contributed by atoms with Gasteiger partial charge in [-0.05, 0) is 22.0 Å². The van der Waals surface area contributed by atoms with Crippen molar-refractivity contribution >= 4 is 21.9 Å². The van der Waals surface area contributed by atoms with Crippen molar-refractivity contribution in [1.29, 1.82) is 0 Å². The molecule has 0 aliphatic carbocycles. The number of nitrogens with zero attached hydrogens (tertiary/aromatic N) is 1. The normalized spacial score (nSPS) is 10.5. The smallest absolute Gasteiger partial charge is 0.353 e. The highest BCUT2D eigenvalue weighted by Gasteiger charge is 2.21. The van der Waals surface area contributed by atoms with Crippen LogP contribution in [0.2, 0.25) is 0 Å². The quantitative estimate of drug-likeness (QED) is 0.803. The van der Waals surface area contributed by atoms with Gasteiger partial charge in [-0.15, -0.1) is 0 Å². The number of hydrogen-bond acceptors (Lipinski definition) is 4. The summed E-state index contributed by atoms with van der Waals surface area (Å²) in [6, 6.07) is 2.19. The molecule has 0 fully saturated rings. The monoisotopic (exact) mass is 330 g/mol. The van der Waals surface area contributed by atoms with Crippen molar-refractivity contribution in [1.82, 2.24) is 10.2 Å². The highest BCUT2D eigenvalue weighted by atomic mass is 79.9. The summed E-state index contributed by atoms with van der Waals surface area (Å²) < 4.78 is 18.5. The lowest BCUT2D eigenvalue weighted by Crippen LogP contribution is -1.95. The minimum absolute atomic E-state index is 0.0144. The third kappa shape index (κ3) is 2.26. The number of aromatic amines is 1. The van der Waals surface area contributed by atoms with Gasteiger partial charge in [-0.3, -0.25) is 5.10 Å². The predicted molar refractivity (Wildman–Crippen MR) is 66.9 cm³/mol. The number of carboxylic acids is 1. The summed E-state index contributed by atoms with van der Waals surface area (Å²) in [7, 11) is 1.28. The van der Waals surface area contributed by atoms with Gasteiger partial charge in [0.1, 0.15) is 11.5 Å². The molecule has 0 saturated carbocycles. The zero-order valence-electron chi connectivity index (χ0n) is 9.57. The van der Waals surface area contributed by atoms with Crippen LogP contribution in [0.5, 0.6) is 11.5 Å². The van der Waals surface area contributed by atoms with Crippen molar-refractivity contribution in [2.24, 2.45) is 0 Å². The third-order valence-electron chi connectivity index (χ3n) is 2.44. The van der Waals surface area contributed by atoms with E-state index < -0.39 is 11.8 Å². The Balaban J connectivity index is 2.66. The van der Waals surface area contributed by atoms with Gasteiger partial charge in [-0.25, -0.2) is 9.18 Å². The lowest BCUT2D eigenvalue weighted by Gasteiger charge is -2.10. The van der Waals surface area contributed by atoms with Crippen LogP contribution in [0.3, 0.4) is 0 Å². The second-order valence-electron chi connectivity index (χ2n) is 3.57. The summed E-state index contributed by atoms with van der Waals surface area (Å²) in [4.78, 5) is 10.8. The molecule has 0 bridgehead atoms. The third-order valence-corrected chi connectivity index (χ3v) is 3.22. The Bertz CT molecular complexity index is 656. The van der Waals surface area contributed by atoms with Crippen LogP contribution in [0.25, 0.3) is 11.3 Å². The molecule has 1 aromatic carbocycles. The first-order valence-electron chi connectivity index (χ1n) is 4.99. The maximum absolute atomic E-state index is 13.7. The number of ether oxygens (including phenoxy) is 1. The first-order valence-corrected chi connectivity index (χ1v) is 5.79. The van der Waals surface area contributed by atoms with Gasteiger partial charge in [0.15, 0.2) is 11.5 Å². The van der Waals surface area contributed by atoms with Crippen LogP contribution in [0.15, 0.2) is 16.6 Å². The molecule has 0 amide bonds. The maximum Gasteiger partial charge on any atom is 0.353 e. The van der Waals surface area contributed by atoms with Crippen LogP contribution in [0.1, 0.15) is 10.5 Å². The number of aromatic nitrogens is 2. The van der Waals surface area contributed by atoms with Gasteiger partial charge in [-0.1, -0.05) is 0 Å². The predicted octanol–water partition coefficient (Wildman–Crippen LogP) is 2.39. The van der Waals surface area contributed by atoms with Crippen molar-refractivity contribution in [3.63, 3.8) is 0 Å². The molecule has 0 unspecified atom stereocenters. The van der Waals surface area contributed by atoms with Crippen LogP contribution in [0, 0.1) is 5.82 Å². The van der Waals surface area contributed by atoms with E-state index in [0.29, 0.717) is 0 Å². The lowest BCUT2D eigenvalue weighted by atomic mass is 10.1. The van der Waals surface area contributed by atoms with Gasteiger partial charge >= 0.3 is 5.97 Å². The molecule has 1 aromatic heterocycles. The number of aromatic carboxylic acids is 1. The number of phenolic OH excluding ortho intramolecular Hbond substituents is 1. The van der Waals surface area contributed by atoms with Crippen molar-refractivity contribution in [2.75, 3.05) is 7.11 Å². The fourth-order valence-corrected chi connectivity index (χ4v) is 2.05.